The first-order valence-electron chi connectivity index (χ1n) is 7.17. The topological polar surface area (TPSA) is 46.4 Å². The molecule has 2 heterocycles. The molecule has 4 heteroatoms. The highest BCUT2D eigenvalue weighted by Gasteiger charge is 2.33. The van der Waals surface area contributed by atoms with Gasteiger partial charge in [0.1, 0.15) is 12.5 Å². The van der Waals surface area contributed by atoms with Crippen LogP contribution in [-0.4, -0.2) is 47.8 Å². The first-order valence-corrected chi connectivity index (χ1v) is 7.17. The van der Waals surface area contributed by atoms with Crippen LogP contribution in [0.4, 0.5) is 0 Å². The van der Waals surface area contributed by atoms with Crippen molar-refractivity contribution in [3.05, 3.63) is 30.4 Å². The van der Waals surface area contributed by atoms with E-state index in [1.807, 2.05) is 0 Å². The van der Waals surface area contributed by atoms with Crippen LogP contribution in [0.1, 0.15) is 26.7 Å². The zero-order valence-electron chi connectivity index (χ0n) is 12.4. The molecule has 2 aliphatic rings. The van der Waals surface area contributed by atoms with Crippen LogP contribution in [0.2, 0.25) is 0 Å². The van der Waals surface area contributed by atoms with Crippen LogP contribution in [0, 0.1) is 11.8 Å². The molecule has 108 valence electrons. The zero-order valence-corrected chi connectivity index (χ0v) is 12.4. The average molecular weight is 275 g/mol. The van der Waals surface area contributed by atoms with Gasteiger partial charge in [0.2, 0.25) is 5.57 Å². The summed E-state index contributed by atoms with van der Waals surface area (Å²) in [6, 6.07) is 0. The summed E-state index contributed by atoms with van der Waals surface area (Å²) in [6.07, 6.45) is 7.40. The van der Waals surface area contributed by atoms with Crippen molar-refractivity contribution in [1.29, 1.82) is 0 Å². The number of amides is 1. The molecule has 2 rings (SSSR count). The monoisotopic (exact) mass is 275 g/mol. The standard InChI is InChI=1S/C16H23N2O2/c1-13(19)14-5-4-8-18(15(14)20)12-11-17-9-6-16(2,3)7-10-17/h4-5,8H,1,6-7,9-12H2,2-3H3/q+1. The molecule has 20 heavy (non-hydrogen) atoms. The molecule has 0 aromatic carbocycles. The third kappa shape index (κ3) is 3.51. The van der Waals surface area contributed by atoms with E-state index in [1.54, 1.807) is 17.2 Å². The van der Waals surface area contributed by atoms with Crippen molar-refractivity contribution >= 4 is 12.1 Å². The molecule has 2 aliphatic heterocycles. The summed E-state index contributed by atoms with van der Waals surface area (Å²) in [5.74, 6) is -0.645. The molecule has 1 saturated heterocycles. The summed E-state index contributed by atoms with van der Waals surface area (Å²) in [5.41, 5.74) is 0.611. The van der Waals surface area contributed by atoms with Crippen LogP contribution in [0.25, 0.3) is 0 Å². The smallest absolute Gasteiger partial charge is 0.503 e. The van der Waals surface area contributed by atoms with Crippen LogP contribution in [-0.2, 0) is 4.79 Å². The Hall–Kier alpha value is -1.55. The predicted molar refractivity (Wildman–Crippen MR) is 77.2 cm³/mol. The maximum atomic E-state index is 12.1. The Labute approximate surface area is 121 Å². The Morgan fingerprint density at radius 1 is 1.50 bits per heavy atom. The summed E-state index contributed by atoms with van der Waals surface area (Å²) in [6.45, 7) is 11.6. The van der Waals surface area contributed by atoms with Gasteiger partial charge >= 0.3 is 5.91 Å². The zero-order chi connectivity index (χ0) is 14.8. The second-order valence-corrected chi connectivity index (χ2v) is 6.35. The lowest BCUT2D eigenvalue weighted by atomic mass is 9.83. The number of rotatable bonds is 4. The SMILES string of the molecule is C=C([O-])C1=C[CH+]C=[N+](CCN2CCC(C)(C)CC2)C1=O. The van der Waals surface area contributed by atoms with Crippen LogP contribution >= 0.6 is 0 Å². The summed E-state index contributed by atoms with van der Waals surface area (Å²) in [7, 11) is 0. The van der Waals surface area contributed by atoms with Gasteiger partial charge in [0.25, 0.3) is 6.21 Å². The molecular weight excluding hydrogens is 252 g/mol. The molecule has 0 aliphatic carbocycles. The molecule has 0 unspecified atom stereocenters. The number of carbonyl (C=O) groups is 1. The number of hydrogen-bond acceptors (Lipinski definition) is 3. The fourth-order valence-electron chi connectivity index (χ4n) is 2.56. The number of allylic oxidation sites excluding steroid dienone is 1. The van der Waals surface area contributed by atoms with E-state index in [1.165, 1.54) is 18.9 Å². The molecule has 1 amide bonds. The van der Waals surface area contributed by atoms with E-state index in [9.17, 15) is 9.90 Å². The summed E-state index contributed by atoms with van der Waals surface area (Å²) in [5, 5.41) is 11.3. The van der Waals surface area contributed by atoms with Crippen molar-refractivity contribution in [2.24, 2.45) is 5.41 Å². The lowest BCUT2D eigenvalue weighted by Crippen LogP contribution is -2.41. The van der Waals surface area contributed by atoms with Crippen molar-refractivity contribution in [3.8, 4) is 0 Å². The molecular formula is C16H23N2O2+. The molecule has 0 atom stereocenters. The van der Waals surface area contributed by atoms with Crippen molar-refractivity contribution < 1.29 is 14.5 Å². The lowest BCUT2D eigenvalue weighted by Gasteiger charge is -2.36. The molecule has 0 radical (unpaired) electrons. The van der Waals surface area contributed by atoms with Gasteiger partial charge in [-0.2, -0.15) is 4.79 Å². The highest BCUT2D eigenvalue weighted by molar-refractivity contribution is 5.96. The average Bonchev–Trinajstić information content (AvgIpc) is 2.38. The maximum absolute atomic E-state index is 12.1. The van der Waals surface area contributed by atoms with E-state index in [2.05, 4.69) is 25.3 Å². The number of hydrogen-bond donors (Lipinski definition) is 0. The van der Waals surface area contributed by atoms with Gasteiger partial charge in [-0.15, -0.1) is 4.58 Å². The highest BCUT2D eigenvalue weighted by Crippen LogP contribution is 2.29. The molecule has 0 spiro atoms. The van der Waals surface area contributed by atoms with E-state index in [4.69, 9.17) is 0 Å². The molecule has 0 N–H and O–H groups in total. The molecule has 0 bridgehead atoms. The van der Waals surface area contributed by atoms with Crippen LogP contribution in [0.15, 0.2) is 24.0 Å². The van der Waals surface area contributed by atoms with Gasteiger partial charge in [0, 0.05) is 0 Å². The van der Waals surface area contributed by atoms with Crippen LogP contribution in [0.3, 0.4) is 0 Å². The second kappa shape index (κ2) is 5.83. The predicted octanol–water partition coefficient (Wildman–Crippen LogP) is 0.737. The van der Waals surface area contributed by atoms with Crippen molar-refractivity contribution in [3.63, 3.8) is 0 Å². The van der Waals surface area contributed by atoms with Gasteiger partial charge in [0.05, 0.1) is 6.54 Å². The summed E-state index contributed by atoms with van der Waals surface area (Å²) >= 11 is 0. The fraction of sp³-hybridized carbons (Fsp3) is 0.562. The Bertz CT molecular complexity index is 465. The first kappa shape index (κ1) is 14.9. The van der Waals surface area contributed by atoms with Gasteiger partial charge in [-0.25, -0.2) is 0 Å². The van der Waals surface area contributed by atoms with Crippen LogP contribution in [0.5, 0.6) is 0 Å². The lowest BCUT2D eigenvalue weighted by molar-refractivity contribution is -0.443. The number of likely N-dealkylation sites (tertiary alicyclic amines) is 1. The van der Waals surface area contributed by atoms with Gasteiger partial charge in [-0.1, -0.05) is 20.4 Å². The Morgan fingerprint density at radius 2 is 2.15 bits per heavy atom. The minimum absolute atomic E-state index is 0.173. The van der Waals surface area contributed by atoms with Crippen molar-refractivity contribution in [2.45, 2.75) is 26.7 Å². The first-order chi connectivity index (χ1) is 9.39. The van der Waals surface area contributed by atoms with Gasteiger partial charge in [-0.3, -0.25) is 4.90 Å². The third-order valence-corrected chi connectivity index (χ3v) is 4.19. The van der Waals surface area contributed by atoms with E-state index in [0.717, 1.165) is 19.6 Å². The van der Waals surface area contributed by atoms with E-state index < -0.39 is 5.76 Å². The van der Waals surface area contributed by atoms with Gasteiger partial charge < -0.3 is 5.11 Å². The highest BCUT2D eigenvalue weighted by atomic mass is 16.3. The molecule has 0 aromatic heterocycles. The van der Waals surface area contributed by atoms with Gasteiger partial charge in [-0.05, 0) is 37.1 Å². The maximum Gasteiger partial charge on any atom is 0.503 e. The Morgan fingerprint density at radius 3 is 2.75 bits per heavy atom. The van der Waals surface area contributed by atoms with E-state index in [0.29, 0.717) is 12.0 Å². The summed E-state index contributed by atoms with van der Waals surface area (Å²) < 4.78 is 1.61. The Kier molecular flexibility index (Phi) is 4.33. The second-order valence-electron chi connectivity index (χ2n) is 6.35. The minimum atomic E-state index is -0.413. The van der Waals surface area contributed by atoms with Crippen molar-refractivity contribution in [1.82, 2.24) is 4.90 Å². The quantitative estimate of drug-likeness (QED) is 0.432. The molecule has 1 fully saturated rings. The molecule has 0 saturated carbocycles. The number of nitrogens with zero attached hydrogens (tertiary/aromatic N) is 2. The van der Waals surface area contributed by atoms with E-state index in [-0.39, 0.29) is 11.5 Å². The Balaban J connectivity index is 1.85. The molecule has 4 nitrogen and oxygen atoms in total. The normalized spacial score (nSPS) is 22.8. The third-order valence-electron chi connectivity index (χ3n) is 4.19. The largest absolute Gasteiger partial charge is 0.857 e. The van der Waals surface area contributed by atoms with Crippen molar-refractivity contribution in [2.75, 3.05) is 26.2 Å². The number of carbonyl (C=O) groups excluding carboxylic acids is 1. The van der Waals surface area contributed by atoms with Gasteiger partial charge in [0.15, 0.2) is 6.54 Å². The fourth-order valence-corrected chi connectivity index (χ4v) is 2.56. The summed E-state index contributed by atoms with van der Waals surface area (Å²) in [4.78, 5) is 14.5. The minimum Gasteiger partial charge on any atom is -0.857 e. The van der Waals surface area contributed by atoms with E-state index >= 15 is 0 Å². The van der Waals surface area contributed by atoms with Crippen LogP contribution < -0.4 is 5.11 Å². The number of piperidine rings is 1. The molecule has 0 aromatic rings.